The van der Waals surface area contributed by atoms with Gasteiger partial charge in [-0.3, -0.25) is 9.59 Å². The van der Waals surface area contributed by atoms with Crippen LogP contribution in [0, 0.1) is 0 Å². The molecule has 4 nitrogen and oxygen atoms in total. The minimum absolute atomic E-state index is 0.184. The average Bonchev–Trinajstić information content (AvgIpc) is 2.57. The summed E-state index contributed by atoms with van der Waals surface area (Å²) in [7, 11) is 0. The number of nitrogens with one attached hydrogen (secondary N) is 2. The normalized spacial score (nSPS) is 8.73. The third-order valence-electron chi connectivity index (χ3n) is 2.45. The van der Waals surface area contributed by atoms with E-state index in [1.807, 2.05) is 60.7 Å². The van der Waals surface area contributed by atoms with Gasteiger partial charge in [-0.25, -0.2) is 0 Å². The number of amides is 2. The molecular weight excluding hydrogens is 276 g/mol. The molecule has 0 spiro atoms. The molecule has 0 saturated heterocycles. The molecule has 0 fully saturated rings. The molecule has 0 bridgehead atoms. The third-order valence-corrected chi connectivity index (χ3v) is 2.45. The summed E-state index contributed by atoms with van der Waals surface area (Å²) in [6.45, 7) is 6.69. The van der Waals surface area contributed by atoms with E-state index in [2.05, 4.69) is 23.8 Å². The largest absolute Gasteiger partial charge is 0.323 e. The Kier molecular flexibility index (Phi) is 7.47. The number of benzene rings is 2. The molecule has 2 rings (SSSR count). The summed E-state index contributed by atoms with van der Waals surface area (Å²) < 4.78 is 0. The molecule has 0 atom stereocenters. The highest BCUT2D eigenvalue weighted by Gasteiger charge is 1.93. The molecule has 2 aromatic rings. The molecule has 2 amide bonds. The molecule has 0 saturated carbocycles. The lowest BCUT2D eigenvalue weighted by Gasteiger charge is -1.98. The van der Waals surface area contributed by atoms with Gasteiger partial charge in [0, 0.05) is 11.4 Å². The van der Waals surface area contributed by atoms with Crippen LogP contribution in [0.2, 0.25) is 0 Å². The minimum Gasteiger partial charge on any atom is -0.323 e. The number of carbonyl (C=O) groups is 2. The average molecular weight is 294 g/mol. The summed E-state index contributed by atoms with van der Waals surface area (Å²) in [4.78, 5) is 21.5. The minimum atomic E-state index is -0.184. The van der Waals surface area contributed by atoms with Crippen LogP contribution in [0.1, 0.15) is 0 Å². The number of rotatable bonds is 4. The lowest BCUT2D eigenvalue weighted by atomic mass is 10.3. The van der Waals surface area contributed by atoms with E-state index >= 15 is 0 Å². The molecule has 0 aliphatic heterocycles. The van der Waals surface area contributed by atoms with E-state index in [9.17, 15) is 9.59 Å². The van der Waals surface area contributed by atoms with Gasteiger partial charge in [-0.1, -0.05) is 49.6 Å². The maximum Gasteiger partial charge on any atom is 0.247 e. The topological polar surface area (TPSA) is 58.2 Å². The maximum atomic E-state index is 10.8. The predicted octanol–water partition coefficient (Wildman–Crippen LogP) is 3.62. The molecule has 4 heteroatoms. The molecule has 0 radical (unpaired) electrons. The van der Waals surface area contributed by atoms with Crippen LogP contribution in [0.5, 0.6) is 0 Å². The van der Waals surface area contributed by atoms with E-state index in [0.717, 1.165) is 11.4 Å². The number of hydrogen-bond donors (Lipinski definition) is 2. The first-order chi connectivity index (χ1) is 10.7. The second-order valence-corrected chi connectivity index (χ2v) is 4.12. The number of hydrogen-bond acceptors (Lipinski definition) is 2. The summed E-state index contributed by atoms with van der Waals surface area (Å²) in [5.74, 6) is -0.368. The summed E-state index contributed by atoms with van der Waals surface area (Å²) in [5.41, 5.74) is 1.58. The molecular formula is C18H18N2O2. The fourth-order valence-corrected chi connectivity index (χ4v) is 1.43. The van der Waals surface area contributed by atoms with Crippen molar-refractivity contribution in [2.75, 3.05) is 10.6 Å². The Morgan fingerprint density at radius 2 is 1.00 bits per heavy atom. The van der Waals surface area contributed by atoms with Crippen molar-refractivity contribution in [3.8, 4) is 0 Å². The van der Waals surface area contributed by atoms with Crippen LogP contribution in [-0.2, 0) is 9.59 Å². The van der Waals surface area contributed by atoms with Gasteiger partial charge < -0.3 is 10.6 Å². The van der Waals surface area contributed by atoms with Crippen molar-refractivity contribution < 1.29 is 9.59 Å². The Labute approximate surface area is 130 Å². The van der Waals surface area contributed by atoms with Crippen molar-refractivity contribution in [3.63, 3.8) is 0 Å². The summed E-state index contributed by atoms with van der Waals surface area (Å²) in [6.07, 6.45) is 2.49. The number of carbonyl (C=O) groups excluding carboxylic acids is 2. The van der Waals surface area contributed by atoms with Crippen LogP contribution in [0.3, 0.4) is 0 Å². The molecule has 2 aromatic carbocycles. The van der Waals surface area contributed by atoms with Crippen LogP contribution in [0.25, 0.3) is 0 Å². The maximum absolute atomic E-state index is 10.8. The summed E-state index contributed by atoms with van der Waals surface area (Å²) in [6, 6.07) is 18.5. The third kappa shape index (κ3) is 6.86. The fourth-order valence-electron chi connectivity index (χ4n) is 1.43. The van der Waals surface area contributed by atoms with Crippen molar-refractivity contribution in [2.24, 2.45) is 0 Å². The van der Waals surface area contributed by atoms with Gasteiger partial charge in [-0.05, 0) is 36.4 Å². The Hall–Kier alpha value is -3.14. The number of para-hydroxylation sites is 2. The Bertz CT molecular complexity index is 565. The molecule has 0 aliphatic carbocycles. The monoisotopic (exact) mass is 294 g/mol. The quantitative estimate of drug-likeness (QED) is 0.846. The highest BCUT2D eigenvalue weighted by atomic mass is 16.2. The van der Waals surface area contributed by atoms with Crippen molar-refractivity contribution in [1.29, 1.82) is 0 Å². The van der Waals surface area contributed by atoms with Crippen LogP contribution in [-0.4, -0.2) is 11.8 Å². The van der Waals surface area contributed by atoms with Gasteiger partial charge in [0.05, 0.1) is 0 Å². The molecule has 0 heterocycles. The fraction of sp³-hybridized carbons (Fsp3) is 0. The summed E-state index contributed by atoms with van der Waals surface area (Å²) >= 11 is 0. The van der Waals surface area contributed by atoms with E-state index in [-0.39, 0.29) is 11.8 Å². The van der Waals surface area contributed by atoms with Crippen LogP contribution in [0.15, 0.2) is 86.0 Å². The highest BCUT2D eigenvalue weighted by Crippen LogP contribution is 2.04. The highest BCUT2D eigenvalue weighted by molar-refractivity contribution is 5.99. The zero-order valence-electron chi connectivity index (χ0n) is 12.2. The lowest BCUT2D eigenvalue weighted by molar-refractivity contribution is -0.112. The molecule has 2 N–H and O–H groups in total. The zero-order valence-corrected chi connectivity index (χ0v) is 12.2. The standard InChI is InChI=1S/2C9H9NO/c2*1-2-9(11)10-8-6-4-3-5-7-8/h2*2-7H,1H2,(H,10,11). The second-order valence-electron chi connectivity index (χ2n) is 4.12. The van der Waals surface area contributed by atoms with Gasteiger partial charge in [-0.15, -0.1) is 0 Å². The molecule has 0 aromatic heterocycles. The molecule has 22 heavy (non-hydrogen) atoms. The van der Waals surface area contributed by atoms with E-state index < -0.39 is 0 Å². The van der Waals surface area contributed by atoms with Gasteiger partial charge in [-0.2, -0.15) is 0 Å². The number of anilines is 2. The van der Waals surface area contributed by atoms with Crippen molar-refractivity contribution in [2.45, 2.75) is 0 Å². The molecule has 112 valence electrons. The smallest absolute Gasteiger partial charge is 0.247 e. The van der Waals surface area contributed by atoms with Gasteiger partial charge >= 0.3 is 0 Å². The van der Waals surface area contributed by atoms with Crippen molar-refractivity contribution in [3.05, 3.63) is 86.0 Å². The van der Waals surface area contributed by atoms with E-state index in [0.29, 0.717) is 0 Å². The first-order valence-electron chi connectivity index (χ1n) is 6.62. The second kappa shape index (κ2) is 9.72. The van der Waals surface area contributed by atoms with Gasteiger partial charge in [0.15, 0.2) is 0 Å². The first-order valence-corrected chi connectivity index (χ1v) is 6.62. The zero-order chi connectivity index (χ0) is 16.2. The molecule has 0 unspecified atom stereocenters. The Balaban J connectivity index is 0.000000220. The molecule has 0 aliphatic rings. The van der Waals surface area contributed by atoms with Crippen molar-refractivity contribution >= 4 is 23.2 Å². The van der Waals surface area contributed by atoms with Gasteiger partial charge in [0.25, 0.3) is 0 Å². The lowest BCUT2D eigenvalue weighted by Crippen LogP contribution is -2.06. The Morgan fingerprint density at radius 3 is 1.27 bits per heavy atom. The van der Waals surface area contributed by atoms with E-state index in [1.54, 1.807) is 0 Å². The first kappa shape index (κ1) is 16.9. The van der Waals surface area contributed by atoms with E-state index in [1.165, 1.54) is 12.2 Å². The van der Waals surface area contributed by atoms with Crippen molar-refractivity contribution in [1.82, 2.24) is 0 Å². The summed E-state index contributed by atoms with van der Waals surface area (Å²) in [5, 5.41) is 5.27. The van der Waals surface area contributed by atoms with Gasteiger partial charge in [0.2, 0.25) is 11.8 Å². The predicted molar refractivity (Wildman–Crippen MR) is 90.5 cm³/mol. The van der Waals surface area contributed by atoms with Crippen LogP contribution in [0.4, 0.5) is 11.4 Å². The van der Waals surface area contributed by atoms with Crippen LogP contribution < -0.4 is 10.6 Å². The Morgan fingerprint density at radius 1 is 0.682 bits per heavy atom. The van der Waals surface area contributed by atoms with Gasteiger partial charge in [0.1, 0.15) is 0 Å². The van der Waals surface area contributed by atoms with E-state index in [4.69, 9.17) is 0 Å². The SMILES string of the molecule is C=CC(=O)Nc1ccccc1.C=CC(=O)Nc1ccccc1. The van der Waals surface area contributed by atoms with Crippen LogP contribution >= 0.6 is 0 Å².